The van der Waals surface area contributed by atoms with Gasteiger partial charge in [0.15, 0.2) is 0 Å². The number of benzene rings is 4. The molecule has 0 bridgehead atoms. The molecule has 0 N–H and O–H groups in total. The van der Waals surface area contributed by atoms with E-state index < -0.39 is 34.7 Å². The number of rotatable bonds is 5. The third-order valence-electron chi connectivity index (χ3n) is 5.45. The monoisotopic (exact) mass is 502 g/mol. The van der Waals surface area contributed by atoms with Gasteiger partial charge in [-0.25, -0.2) is 4.79 Å². The summed E-state index contributed by atoms with van der Waals surface area (Å²) in [7, 11) is 0. The smallest absolute Gasteiger partial charge is 0.449 e. The summed E-state index contributed by atoms with van der Waals surface area (Å²) in [6.07, 6.45) is -2.32. The van der Waals surface area contributed by atoms with Gasteiger partial charge in [-0.2, -0.15) is 13.2 Å². The summed E-state index contributed by atoms with van der Waals surface area (Å²) in [5.41, 5.74) is -0.651. The number of carbonyl (C=O) groups is 1. The second-order valence-electron chi connectivity index (χ2n) is 8.02. The third-order valence-corrected chi connectivity index (χ3v) is 5.45. The van der Waals surface area contributed by atoms with Crippen molar-refractivity contribution in [3.8, 4) is 17.2 Å². The number of hydrogen-bond acceptors (Lipinski definition) is 5. The van der Waals surface area contributed by atoms with E-state index in [1.807, 2.05) is 18.2 Å². The molecule has 0 aliphatic carbocycles. The van der Waals surface area contributed by atoms with Crippen LogP contribution in [-0.2, 0) is 11.0 Å². The van der Waals surface area contributed by atoms with Gasteiger partial charge in [0.25, 0.3) is 5.76 Å². The molecule has 0 aliphatic rings. The highest BCUT2D eigenvalue weighted by atomic mass is 19.4. The van der Waals surface area contributed by atoms with Crippen molar-refractivity contribution in [2.24, 2.45) is 0 Å². The molecule has 5 aromatic rings. The van der Waals surface area contributed by atoms with Crippen molar-refractivity contribution in [1.82, 2.24) is 0 Å². The molecule has 0 saturated carbocycles. The van der Waals surface area contributed by atoms with Gasteiger partial charge < -0.3 is 13.9 Å². The molecule has 8 heteroatoms. The first kappa shape index (κ1) is 23.9. The van der Waals surface area contributed by atoms with Crippen molar-refractivity contribution >= 4 is 33.8 Å². The lowest BCUT2D eigenvalue weighted by Gasteiger charge is -2.14. The summed E-state index contributed by atoms with van der Waals surface area (Å²) in [5, 5.41) is 1.42. The van der Waals surface area contributed by atoms with Crippen molar-refractivity contribution < 1.29 is 31.9 Å². The van der Waals surface area contributed by atoms with Gasteiger partial charge in [0, 0.05) is 12.1 Å². The van der Waals surface area contributed by atoms with E-state index in [2.05, 4.69) is 0 Å². The number of fused-ring (bicyclic) bond motifs is 2. The first-order chi connectivity index (χ1) is 17.8. The molecule has 1 aromatic heterocycles. The van der Waals surface area contributed by atoms with Crippen LogP contribution < -0.4 is 14.9 Å². The Morgan fingerprint density at radius 3 is 2.27 bits per heavy atom. The number of hydrogen-bond donors (Lipinski definition) is 0. The molecule has 0 aliphatic heterocycles. The van der Waals surface area contributed by atoms with Crippen molar-refractivity contribution in [1.29, 1.82) is 0 Å². The van der Waals surface area contributed by atoms with Crippen LogP contribution in [0, 0.1) is 0 Å². The van der Waals surface area contributed by atoms with Gasteiger partial charge in [0.05, 0.1) is 5.39 Å². The molecule has 5 nitrogen and oxygen atoms in total. The fourth-order valence-electron chi connectivity index (χ4n) is 3.73. The molecule has 184 valence electrons. The highest BCUT2D eigenvalue weighted by Gasteiger charge is 2.40. The zero-order valence-electron chi connectivity index (χ0n) is 19.0. The minimum Gasteiger partial charge on any atom is -0.449 e. The molecule has 37 heavy (non-hydrogen) atoms. The van der Waals surface area contributed by atoms with E-state index in [-0.39, 0.29) is 16.9 Å². The Morgan fingerprint density at radius 1 is 0.811 bits per heavy atom. The first-order valence-electron chi connectivity index (χ1n) is 11.1. The Hall–Kier alpha value is -4.85. The fraction of sp³-hybridized carbons (Fsp3) is 0.0345. The summed E-state index contributed by atoms with van der Waals surface area (Å²) >= 11 is 0. The van der Waals surface area contributed by atoms with Gasteiger partial charge in [-0.3, -0.25) is 4.79 Å². The standard InChI is InChI=1S/C29H17F3O5/c30-29(31,32)28-27(36-21-12-11-19-8-4-5-9-20(19)16-21)26(34)23-14-13-22(17-24(23)37-28)35-25(33)15-10-18-6-2-1-3-7-18/h1-17H. The minimum absolute atomic E-state index is 0.0478. The Bertz CT molecular complexity index is 1700. The van der Waals surface area contributed by atoms with E-state index in [0.717, 1.165) is 22.4 Å². The van der Waals surface area contributed by atoms with Crippen LogP contribution in [-0.4, -0.2) is 5.97 Å². The van der Waals surface area contributed by atoms with Gasteiger partial charge in [-0.05, 0) is 46.7 Å². The summed E-state index contributed by atoms with van der Waals surface area (Å²) < 4.78 is 57.3. The average molecular weight is 502 g/mol. The Balaban J connectivity index is 1.49. The van der Waals surface area contributed by atoms with Gasteiger partial charge in [0.1, 0.15) is 17.1 Å². The van der Waals surface area contributed by atoms with E-state index in [9.17, 15) is 22.8 Å². The zero-order chi connectivity index (χ0) is 26.0. The van der Waals surface area contributed by atoms with E-state index in [1.54, 1.807) is 42.5 Å². The maximum absolute atomic E-state index is 13.9. The second kappa shape index (κ2) is 9.66. The average Bonchev–Trinajstić information content (AvgIpc) is 2.89. The van der Waals surface area contributed by atoms with Crippen LogP contribution in [0.25, 0.3) is 27.8 Å². The molecule has 0 saturated heterocycles. The maximum Gasteiger partial charge on any atom is 0.453 e. The molecule has 1 heterocycles. The van der Waals surface area contributed by atoms with Crippen LogP contribution in [0.15, 0.2) is 106 Å². The van der Waals surface area contributed by atoms with Gasteiger partial charge in [-0.15, -0.1) is 0 Å². The topological polar surface area (TPSA) is 65.7 Å². The van der Waals surface area contributed by atoms with Crippen LogP contribution in [0.1, 0.15) is 11.3 Å². The maximum atomic E-state index is 13.9. The largest absolute Gasteiger partial charge is 0.453 e. The summed E-state index contributed by atoms with van der Waals surface area (Å²) in [5.74, 6) is -3.37. The molecule has 5 rings (SSSR count). The van der Waals surface area contributed by atoms with Crippen LogP contribution in [0.3, 0.4) is 0 Å². The van der Waals surface area contributed by atoms with Crippen LogP contribution >= 0.6 is 0 Å². The minimum atomic E-state index is -5.02. The van der Waals surface area contributed by atoms with Crippen molar-refractivity contribution in [2.45, 2.75) is 6.18 Å². The van der Waals surface area contributed by atoms with Crippen LogP contribution in [0.2, 0.25) is 0 Å². The van der Waals surface area contributed by atoms with E-state index >= 15 is 0 Å². The van der Waals surface area contributed by atoms with Crippen LogP contribution in [0.5, 0.6) is 17.2 Å². The van der Waals surface area contributed by atoms with Gasteiger partial charge >= 0.3 is 12.1 Å². The van der Waals surface area contributed by atoms with Gasteiger partial charge in [-0.1, -0.05) is 60.7 Å². The predicted molar refractivity (Wildman–Crippen MR) is 133 cm³/mol. The van der Waals surface area contributed by atoms with Gasteiger partial charge in [0.2, 0.25) is 11.2 Å². The Kier molecular flexibility index (Phi) is 6.23. The summed E-state index contributed by atoms with van der Waals surface area (Å²) in [6, 6.07) is 24.4. The normalized spacial score (nSPS) is 11.8. The molecule has 0 radical (unpaired) electrons. The lowest BCUT2D eigenvalue weighted by atomic mass is 10.1. The Morgan fingerprint density at radius 2 is 1.51 bits per heavy atom. The molecule has 0 fully saturated rings. The fourth-order valence-corrected chi connectivity index (χ4v) is 3.73. The highest BCUT2D eigenvalue weighted by molar-refractivity contribution is 5.89. The Labute approximate surface area is 208 Å². The lowest BCUT2D eigenvalue weighted by molar-refractivity contribution is -0.154. The number of halogens is 3. The first-order valence-corrected chi connectivity index (χ1v) is 11.1. The van der Waals surface area contributed by atoms with Crippen molar-refractivity contribution in [2.75, 3.05) is 0 Å². The van der Waals surface area contributed by atoms with E-state index in [4.69, 9.17) is 13.9 Å². The molecule has 0 atom stereocenters. The van der Waals surface area contributed by atoms with Crippen molar-refractivity contribution in [3.05, 3.63) is 119 Å². The molecule has 4 aromatic carbocycles. The molecular formula is C29H17F3O5. The number of ether oxygens (including phenoxy) is 2. The molecule has 0 unspecified atom stereocenters. The second-order valence-corrected chi connectivity index (χ2v) is 8.02. The lowest BCUT2D eigenvalue weighted by Crippen LogP contribution is -2.15. The molecule has 0 amide bonds. The third kappa shape index (κ3) is 5.23. The van der Waals surface area contributed by atoms with Crippen molar-refractivity contribution in [3.63, 3.8) is 0 Å². The van der Waals surface area contributed by atoms with E-state index in [1.165, 1.54) is 36.4 Å². The predicted octanol–water partition coefficient (Wildman–Crippen LogP) is 7.38. The number of alkyl halides is 3. The molecular weight excluding hydrogens is 485 g/mol. The number of carbonyl (C=O) groups excluding carboxylic acids is 1. The SMILES string of the molecule is O=C(C=Cc1ccccc1)Oc1ccc2c(=O)c(Oc3ccc4ccccc4c3)c(C(F)(F)F)oc2c1. The molecule has 0 spiro atoms. The quantitative estimate of drug-likeness (QED) is 0.143. The summed E-state index contributed by atoms with van der Waals surface area (Å²) in [6.45, 7) is 0. The summed E-state index contributed by atoms with van der Waals surface area (Å²) in [4.78, 5) is 25.2. The van der Waals surface area contributed by atoms with Crippen LogP contribution in [0.4, 0.5) is 13.2 Å². The number of esters is 1. The zero-order valence-corrected chi connectivity index (χ0v) is 19.0. The van der Waals surface area contributed by atoms with E-state index in [0.29, 0.717) is 0 Å². The highest BCUT2D eigenvalue weighted by Crippen LogP contribution is 2.39.